The number of halogens is 1. The van der Waals surface area contributed by atoms with Gasteiger partial charge in [-0.05, 0) is 29.8 Å². The molecule has 2 N–H and O–H groups in total. The maximum atomic E-state index is 13.6. The molecule has 0 amide bonds. The molecule has 0 spiro atoms. The first-order chi connectivity index (χ1) is 10.1. The number of aromatic nitrogens is 1. The van der Waals surface area contributed by atoms with Crippen LogP contribution >= 0.6 is 12.2 Å². The van der Waals surface area contributed by atoms with Crippen LogP contribution in [0.15, 0.2) is 51.7 Å². The lowest BCUT2D eigenvalue weighted by atomic mass is 10.1. The van der Waals surface area contributed by atoms with Crippen molar-refractivity contribution in [3.8, 4) is 0 Å². The third-order valence-electron chi connectivity index (χ3n) is 3.21. The van der Waals surface area contributed by atoms with Crippen LogP contribution in [0.2, 0.25) is 0 Å². The molecule has 21 heavy (non-hydrogen) atoms. The van der Waals surface area contributed by atoms with Crippen LogP contribution in [0.4, 0.5) is 4.39 Å². The fraction of sp³-hybridized carbons (Fsp3) is 0.0667. The van der Waals surface area contributed by atoms with E-state index < -0.39 is 11.6 Å². The molecule has 0 fully saturated rings. The van der Waals surface area contributed by atoms with E-state index in [-0.39, 0.29) is 17.1 Å². The molecule has 0 atom stereocenters. The number of benzene rings is 2. The predicted octanol–water partition coefficient (Wildman–Crippen LogP) is 2.42. The number of hydrogen-bond acceptors (Lipinski definition) is 3. The first-order valence-electron chi connectivity index (χ1n) is 6.23. The molecular formula is C15H11FN2O2S. The van der Waals surface area contributed by atoms with E-state index in [2.05, 4.69) is 0 Å². The molecule has 0 saturated heterocycles. The summed E-state index contributed by atoms with van der Waals surface area (Å²) in [5, 5.41) is 0. The number of hydrogen-bond donors (Lipinski definition) is 1. The van der Waals surface area contributed by atoms with E-state index in [9.17, 15) is 9.18 Å². The quantitative estimate of drug-likeness (QED) is 0.755. The highest BCUT2D eigenvalue weighted by Gasteiger charge is 2.11. The average molecular weight is 302 g/mol. The normalized spacial score (nSPS) is 10.9. The van der Waals surface area contributed by atoms with E-state index in [0.717, 1.165) is 0 Å². The molecule has 0 aliphatic rings. The summed E-state index contributed by atoms with van der Waals surface area (Å²) in [5.74, 6) is -0.937. The minimum atomic E-state index is -0.476. The van der Waals surface area contributed by atoms with E-state index >= 15 is 0 Å². The Morgan fingerprint density at radius 1 is 1.29 bits per heavy atom. The highest BCUT2D eigenvalue weighted by atomic mass is 32.1. The Morgan fingerprint density at radius 3 is 2.81 bits per heavy atom. The Bertz CT molecular complexity index is 898. The second-order valence-electron chi connectivity index (χ2n) is 4.60. The monoisotopic (exact) mass is 302 g/mol. The van der Waals surface area contributed by atoms with Crippen LogP contribution in [0, 0.1) is 5.82 Å². The molecule has 0 unspecified atom stereocenters. The zero-order valence-corrected chi connectivity index (χ0v) is 11.7. The van der Waals surface area contributed by atoms with E-state index in [1.54, 1.807) is 30.3 Å². The fourth-order valence-corrected chi connectivity index (χ4v) is 2.36. The number of nitrogens with zero attached hydrogens (tertiary/aromatic N) is 1. The van der Waals surface area contributed by atoms with Gasteiger partial charge in [0, 0.05) is 5.56 Å². The summed E-state index contributed by atoms with van der Waals surface area (Å²) in [6.45, 7) is 0.256. The van der Waals surface area contributed by atoms with Gasteiger partial charge in [0.15, 0.2) is 5.58 Å². The van der Waals surface area contributed by atoms with Crippen LogP contribution in [0.25, 0.3) is 11.1 Å². The van der Waals surface area contributed by atoms with Crippen molar-refractivity contribution in [2.75, 3.05) is 0 Å². The van der Waals surface area contributed by atoms with Crippen molar-refractivity contribution in [2.45, 2.75) is 6.54 Å². The second-order valence-corrected chi connectivity index (χ2v) is 5.04. The Hall–Kier alpha value is -2.47. The second kappa shape index (κ2) is 5.14. The molecule has 4 nitrogen and oxygen atoms in total. The number of para-hydroxylation sites is 2. The third kappa shape index (κ3) is 2.45. The number of oxazole rings is 1. The number of fused-ring (bicyclic) bond motifs is 1. The van der Waals surface area contributed by atoms with Crippen molar-refractivity contribution < 1.29 is 8.81 Å². The SMILES string of the molecule is NC(=S)c1cc(Cn2c(=O)oc3ccccc32)ccc1F. The molecule has 106 valence electrons. The van der Waals surface area contributed by atoms with Gasteiger partial charge in [0.2, 0.25) is 0 Å². The topological polar surface area (TPSA) is 61.2 Å². The maximum Gasteiger partial charge on any atom is 0.420 e. The first kappa shape index (κ1) is 13.5. The Morgan fingerprint density at radius 2 is 2.05 bits per heavy atom. The van der Waals surface area contributed by atoms with Gasteiger partial charge in [0.1, 0.15) is 10.8 Å². The van der Waals surface area contributed by atoms with E-state index in [1.807, 2.05) is 6.07 Å². The van der Waals surface area contributed by atoms with E-state index in [4.69, 9.17) is 22.4 Å². The highest BCUT2D eigenvalue weighted by molar-refractivity contribution is 7.80. The Balaban J connectivity index is 2.07. The zero-order chi connectivity index (χ0) is 15.0. The Kier molecular flexibility index (Phi) is 3.31. The van der Waals surface area contributed by atoms with Crippen molar-refractivity contribution in [3.63, 3.8) is 0 Å². The zero-order valence-electron chi connectivity index (χ0n) is 10.9. The number of nitrogens with two attached hydrogens (primary N) is 1. The molecule has 6 heteroatoms. The molecule has 3 aromatic rings. The van der Waals surface area contributed by atoms with Crippen LogP contribution in [0.5, 0.6) is 0 Å². The van der Waals surface area contributed by atoms with Gasteiger partial charge in [-0.3, -0.25) is 4.57 Å². The minimum absolute atomic E-state index is 0.0150. The average Bonchev–Trinajstić information content (AvgIpc) is 2.77. The van der Waals surface area contributed by atoms with Gasteiger partial charge in [-0.1, -0.05) is 30.4 Å². The summed E-state index contributed by atoms with van der Waals surface area (Å²) < 4.78 is 20.2. The minimum Gasteiger partial charge on any atom is -0.408 e. The lowest BCUT2D eigenvalue weighted by molar-refractivity contribution is 0.517. The standard InChI is InChI=1S/C15H11FN2O2S/c16-11-6-5-9(7-10(11)14(17)21)8-18-12-3-1-2-4-13(12)20-15(18)19/h1-7H,8H2,(H2,17,21). The molecule has 0 aliphatic carbocycles. The van der Waals surface area contributed by atoms with E-state index in [1.165, 1.54) is 10.6 Å². The van der Waals surface area contributed by atoms with Gasteiger partial charge < -0.3 is 10.2 Å². The Labute approximate surface area is 124 Å². The highest BCUT2D eigenvalue weighted by Crippen LogP contribution is 2.16. The van der Waals surface area contributed by atoms with Gasteiger partial charge in [-0.15, -0.1) is 0 Å². The molecular weight excluding hydrogens is 291 g/mol. The van der Waals surface area contributed by atoms with Crippen LogP contribution < -0.4 is 11.5 Å². The first-order valence-corrected chi connectivity index (χ1v) is 6.63. The molecule has 2 aromatic carbocycles. The van der Waals surface area contributed by atoms with Crippen molar-refractivity contribution in [1.82, 2.24) is 4.57 Å². The van der Waals surface area contributed by atoms with Crippen LogP contribution in [-0.2, 0) is 6.54 Å². The molecule has 0 bridgehead atoms. The maximum absolute atomic E-state index is 13.6. The smallest absolute Gasteiger partial charge is 0.408 e. The van der Waals surface area contributed by atoms with Gasteiger partial charge in [0.25, 0.3) is 0 Å². The van der Waals surface area contributed by atoms with E-state index in [0.29, 0.717) is 16.7 Å². The van der Waals surface area contributed by atoms with Crippen LogP contribution in [-0.4, -0.2) is 9.56 Å². The van der Waals surface area contributed by atoms with Crippen LogP contribution in [0.3, 0.4) is 0 Å². The molecule has 1 heterocycles. The summed E-state index contributed by atoms with van der Waals surface area (Å²) in [7, 11) is 0. The lowest BCUT2D eigenvalue weighted by Gasteiger charge is -2.06. The molecule has 0 radical (unpaired) electrons. The van der Waals surface area contributed by atoms with Crippen molar-refractivity contribution in [1.29, 1.82) is 0 Å². The third-order valence-corrected chi connectivity index (χ3v) is 3.43. The largest absolute Gasteiger partial charge is 0.420 e. The summed E-state index contributed by atoms with van der Waals surface area (Å²) in [6, 6.07) is 11.5. The summed E-state index contributed by atoms with van der Waals surface area (Å²) in [6.07, 6.45) is 0. The van der Waals surface area contributed by atoms with Gasteiger partial charge >= 0.3 is 5.76 Å². The van der Waals surface area contributed by atoms with Gasteiger partial charge in [-0.2, -0.15) is 0 Å². The summed E-state index contributed by atoms with van der Waals surface area (Å²) >= 11 is 4.81. The lowest BCUT2D eigenvalue weighted by Crippen LogP contribution is -2.16. The summed E-state index contributed by atoms with van der Waals surface area (Å²) in [5.41, 5.74) is 7.56. The van der Waals surface area contributed by atoms with Crippen molar-refractivity contribution >= 4 is 28.3 Å². The molecule has 1 aromatic heterocycles. The fourth-order valence-electron chi connectivity index (χ4n) is 2.21. The summed E-state index contributed by atoms with van der Waals surface area (Å²) in [4.78, 5) is 11.9. The number of rotatable bonds is 3. The van der Waals surface area contributed by atoms with Crippen molar-refractivity contribution in [2.24, 2.45) is 5.73 Å². The molecule has 0 aliphatic heterocycles. The van der Waals surface area contributed by atoms with Crippen molar-refractivity contribution in [3.05, 3.63) is 70.0 Å². The predicted molar refractivity (Wildman–Crippen MR) is 81.9 cm³/mol. The number of thiocarbonyl (C=S) groups is 1. The van der Waals surface area contributed by atoms with Gasteiger partial charge in [-0.25, -0.2) is 9.18 Å². The van der Waals surface area contributed by atoms with Gasteiger partial charge in [0.05, 0.1) is 12.1 Å². The molecule has 3 rings (SSSR count). The van der Waals surface area contributed by atoms with Crippen LogP contribution in [0.1, 0.15) is 11.1 Å². The molecule has 0 saturated carbocycles.